The summed E-state index contributed by atoms with van der Waals surface area (Å²) >= 11 is 0. The second-order valence-corrected chi connectivity index (χ2v) is 11.0. The van der Waals surface area contributed by atoms with E-state index in [1.807, 2.05) is 13.8 Å². The summed E-state index contributed by atoms with van der Waals surface area (Å²) in [6, 6.07) is 3.11. The number of sulfonamides is 1. The average molecular weight is 462 g/mol. The molecule has 1 amide bonds. The van der Waals surface area contributed by atoms with E-state index < -0.39 is 27.8 Å². The lowest BCUT2D eigenvalue weighted by Gasteiger charge is -2.32. The zero-order valence-electron chi connectivity index (χ0n) is 18.0. The molecular weight excluding hydrogens is 431 g/mol. The van der Waals surface area contributed by atoms with Gasteiger partial charge in [-0.15, -0.1) is 0 Å². The predicted octanol–water partition coefficient (Wildman–Crippen LogP) is 2.94. The molecule has 0 aromatic heterocycles. The molecule has 1 aliphatic heterocycles. The van der Waals surface area contributed by atoms with Gasteiger partial charge in [0.2, 0.25) is 15.9 Å². The van der Waals surface area contributed by atoms with Crippen LogP contribution in [-0.4, -0.2) is 55.8 Å². The summed E-state index contributed by atoms with van der Waals surface area (Å²) < 4.78 is 66.4. The molecule has 4 atom stereocenters. The Balaban J connectivity index is 1.75. The Morgan fingerprint density at radius 1 is 1.26 bits per heavy atom. The van der Waals surface area contributed by atoms with E-state index in [0.717, 1.165) is 25.0 Å². The summed E-state index contributed by atoms with van der Waals surface area (Å²) in [6.07, 6.45) is -2.51. The van der Waals surface area contributed by atoms with Gasteiger partial charge in [0, 0.05) is 26.2 Å². The zero-order chi connectivity index (χ0) is 23.1. The van der Waals surface area contributed by atoms with Crippen molar-refractivity contribution < 1.29 is 26.4 Å². The fraction of sp³-hybridized carbons (Fsp3) is 0.667. The third-order valence-corrected chi connectivity index (χ3v) is 8.30. The normalized spacial score (nSPS) is 25.6. The first kappa shape index (κ1) is 24.0. The maximum atomic E-state index is 13.0. The molecule has 10 heteroatoms. The molecule has 2 aliphatic rings. The molecule has 0 bridgehead atoms. The Morgan fingerprint density at radius 2 is 1.94 bits per heavy atom. The number of likely N-dealkylation sites (N-methyl/N-ethyl adjacent to an activating group) is 1. The van der Waals surface area contributed by atoms with Gasteiger partial charge < -0.3 is 10.6 Å². The smallest absolute Gasteiger partial charge is 0.341 e. The first-order chi connectivity index (χ1) is 14.3. The summed E-state index contributed by atoms with van der Waals surface area (Å²) in [7, 11) is -2.35. The molecule has 2 N–H and O–H groups in total. The minimum Gasteiger partial charge on any atom is -0.341 e. The van der Waals surface area contributed by atoms with Crippen LogP contribution in [0.1, 0.15) is 38.7 Å². The van der Waals surface area contributed by atoms with Gasteiger partial charge in [-0.3, -0.25) is 4.79 Å². The van der Waals surface area contributed by atoms with Crippen LogP contribution in [0.2, 0.25) is 0 Å². The Morgan fingerprint density at radius 3 is 2.55 bits per heavy atom. The van der Waals surface area contributed by atoms with Gasteiger partial charge >= 0.3 is 6.18 Å². The molecule has 3 rings (SSSR count). The van der Waals surface area contributed by atoms with Crippen LogP contribution in [-0.2, 0) is 21.0 Å². The van der Waals surface area contributed by atoms with Crippen molar-refractivity contribution in [2.24, 2.45) is 23.5 Å². The minimum atomic E-state index is -4.62. The highest BCUT2D eigenvalue weighted by Crippen LogP contribution is 2.42. The summed E-state index contributed by atoms with van der Waals surface area (Å²) in [6.45, 7) is 4.42. The standard InChI is InChI=1S/C21H30F3N3O3S/c1-13(2)9-18(25)20(28)26(3)19-8-7-14-11-27(12-17(14)19)31(29,30)16-6-4-5-15(10-16)21(22,23)24/h4-6,10,13-14,17-19H,7-9,11-12,25H2,1-3H3/t14-,17+,18-,19+/m0/s1. The molecule has 174 valence electrons. The highest BCUT2D eigenvalue weighted by Gasteiger charge is 2.48. The van der Waals surface area contributed by atoms with Crippen molar-refractivity contribution in [1.82, 2.24) is 9.21 Å². The monoisotopic (exact) mass is 461 g/mol. The van der Waals surface area contributed by atoms with Gasteiger partial charge in [-0.1, -0.05) is 19.9 Å². The van der Waals surface area contributed by atoms with Crippen LogP contribution in [0.25, 0.3) is 0 Å². The first-order valence-corrected chi connectivity index (χ1v) is 12.0. The molecule has 1 saturated carbocycles. The second-order valence-electron chi connectivity index (χ2n) is 9.10. The number of rotatable bonds is 6. The fourth-order valence-corrected chi connectivity index (χ4v) is 6.47. The molecule has 2 fully saturated rings. The summed E-state index contributed by atoms with van der Waals surface area (Å²) in [4.78, 5) is 14.0. The highest BCUT2D eigenvalue weighted by molar-refractivity contribution is 7.89. The number of carbonyl (C=O) groups is 1. The Hall–Kier alpha value is -1.65. The molecular formula is C21H30F3N3O3S. The van der Waals surface area contributed by atoms with Crippen molar-refractivity contribution in [1.29, 1.82) is 0 Å². The lowest BCUT2D eigenvalue weighted by Crippen LogP contribution is -2.49. The van der Waals surface area contributed by atoms with Crippen molar-refractivity contribution in [3.05, 3.63) is 29.8 Å². The molecule has 1 saturated heterocycles. The third-order valence-electron chi connectivity index (χ3n) is 6.47. The lowest BCUT2D eigenvalue weighted by atomic mass is 9.96. The fourth-order valence-electron chi connectivity index (χ4n) is 4.89. The number of alkyl halides is 3. The van der Waals surface area contributed by atoms with Crippen LogP contribution >= 0.6 is 0 Å². The molecule has 1 aliphatic carbocycles. The van der Waals surface area contributed by atoms with Crippen LogP contribution in [0.15, 0.2) is 29.2 Å². The van der Waals surface area contributed by atoms with Crippen LogP contribution in [0.5, 0.6) is 0 Å². The molecule has 1 heterocycles. The number of hydrogen-bond acceptors (Lipinski definition) is 4. The van der Waals surface area contributed by atoms with Gasteiger partial charge in [-0.2, -0.15) is 17.5 Å². The van der Waals surface area contributed by atoms with Crippen LogP contribution in [0, 0.1) is 17.8 Å². The van der Waals surface area contributed by atoms with E-state index in [2.05, 4.69) is 0 Å². The molecule has 6 nitrogen and oxygen atoms in total. The van der Waals surface area contributed by atoms with Gasteiger partial charge in [-0.25, -0.2) is 8.42 Å². The number of nitrogens with zero attached hydrogens (tertiary/aromatic N) is 2. The number of amides is 1. The van der Waals surface area contributed by atoms with Crippen LogP contribution in [0.4, 0.5) is 13.2 Å². The molecule has 1 aromatic carbocycles. The SMILES string of the molecule is CC(C)C[C@H](N)C(=O)N(C)[C@@H]1CC[C@H]2CN(S(=O)(=O)c3cccc(C(F)(F)F)c3)C[C@H]21. The van der Waals surface area contributed by atoms with Crippen molar-refractivity contribution >= 4 is 15.9 Å². The van der Waals surface area contributed by atoms with E-state index in [0.29, 0.717) is 12.5 Å². The largest absolute Gasteiger partial charge is 0.416 e. The molecule has 0 radical (unpaired) electrons. The van der Waals surface area contributed by atoms with E-state index in [4.69, 9.17) is 5.73 Å². The van der Waals surface area contributed by atoms with Gasteiger partial charge in [0.1, 0.15) is 0 Å². The highest BCUT2D eigenvalue weighted by atomic mass is 32.2. The number of carbonyl (C=O) groups excluding carboxylic acids is 1. The second kappa shape index (κ2) is 8.71. The van der Waals surface area contributed by atoms with Crippen LogP contribution < -0.4 is 5.73 Å². The zero-order valence-corrected chi connectivity index (χ0v) is 18.8. The summed E-state index contributed by atoms with van der Waals surface area (Å²) in [5.41, 5.74) is 5.07. The number of benzene rings is 1. The molecule has 1 aromatic rings. The summed E-state index contributed by atoms with van der Waals surface area (Å²) in [5.74, 6) is 0.143. The first-order valence-electron chi connectivity index (χ1n) is 10.5. The number of fused-ring (bicyclic) bond motifs is 1. The predicted molar refractivity (Wildman–Crippen MR) is 110 cm³/mol. The quantitative estimate of drug-likeness (QED) is 0.706. The van der Waals surface area contributed by atoms with Crippen molar-refractivity contribution in [3.8, 4) is 0 Å². The average Bonchev–Trinajstić information content (AvgIpc) is 3.27. The van der Waals surface area contributed by atoms with Crippen molar-refractivity contribution in [2.75, 3.05) is 20.1 Å². The lowest BCUT2D eigenvalue weighted by molar-refractivity contribution is -0.137. The molecule has 0 unspecified atom stereocenters. The Kier molecular flexibility index (Phi) is 6.74. The van der Waals surface area contributed by atoms with Gasteiger partial charge in [-0.05, 0) is 55.2 Å². The minimum absolute atomic E-state index is 0.0548. The number of nitrogens with two attached hydrogens (primary N) is 1. The van der Waals surface area contributed by atoms with Gasteiger partial charge in [0.05, 0.1) is 16.5 Å². The van der Waals surface area contributed by atoms with E-state index in [-0.39, 0.29) is 47.7 Å². The van der Waals surface area contributed by atoms with Crippen molar-refractivity contribution in [2.45, 2.75) is 56.3 Å². The topological polar surface area (TPSA) is 83.7 Å². The Labute approximate surface area is 181 Å². The molecule has 0 spiro atoms. The summed E-state index contributed by atoms with van der Waals surface area (Å²) in [5, 5.41) is 0. The number of hydrogen-bond donors (Lipinski definition) is 1. The van der Waals surface area contributed by atoms with E-state index in [1.54, 1.807) is 11.9 Å². The van der Waals surface area contributed by atoms with Gasteiger partial charge in [0.15, 0.2) is 0 Å². The van der Waals surface area contributed by atoms with Crippen LogP contribution in [0.3, 0.4) is 0 Å². The van der Waals surface area contributed by atoms with E-state index in [9.17, 15) is 26.4 Å². The van der Waals surface area contributed by atoms with Gasteiger partial charge in [0.25, 0.3) is 0 Å². The molecule has 31 heavy (non-hydrogen) atoms. The maximum Gasteiger partial charge on any atom is 0.416 e. The van der Waals surface area contributed by atoms with E-state index in [1.165, 1.54) is 10.4 Å². The van der Waals surface area contributed by atoms with E-state index >= 15 is 0 Å². The maximum absolute atomic E-state index is 13.0. The number of halogens is 3. The van der Waals surface area contributed by atoms with Crippen molar-refractivity contribution in [3.63, 3.8) is 0 Å². The third kappa shape index (κ3) is 4.90. The Bertz CT molecular complexity index is 920.